The second-order valence-electron chi connectivity index (χ2n) is 9.21. The molecule has 0 aromatic rings. The molecule has 0 aliphatic heterocycles. The Morgan fingerprint density at radius 2 is 1.57 bits per heavy atom. The molecule has 0 spiro atoms. The Labute approximate surface area is 142 Å². The summed E-state index contributed by atoms with van der Waals surface area (Å²) in [5.74, 6) is 3.94. The lowest BCUT2D eigenvalue weighted by atomic mass is 9.42. The zero-order valence-electron chi connectivity index (χ0n) is 15.3. The van der Waals surface area contributed by atoms with Crippen molar-refractivity contribution in [2.24, 2.45) is 22.2 Å². The molecule has 4 aliphatic rings. The molecule has 0 N–H and O–H groups in total. The summed E-state index contributed by atoms with van der Waals surface area (Å²) in [7, 11) is 0. The third-order valence-corrected chi connectivity index (χ3v) is 8.60. The van der Waals surface area contributed by atoms with Crippen molar-refractivity contribution in [3.8, 4) is 12.0 Å². The Morgan fingerprint density at radius 1 is 0.870 bits per heavy atom. The molecule has 4 aliphatic carbocycles. The zero-order valence-corrected chi connectivity index (χ0v) is 15.3. The highest BCUT2D eigenvalue weighted by molar-refractivity contribution is 5.23. The molecule has 0 amide bonds. The van der Waals surface area contributed by atoms with E-state index in [0.29, 0.717) is 22.3 Å². The first-order valence-corrected chi connectivity index (χ1v) is 10.3. The van der Waals surface area contributed by atoms with E-state index in [-0.39, 0.29) is 0 Å². The van der Waals surface area contributed by atoms with Crippen LogP contribution in [0.2, 0.25) is 0 Å². The van der Waals surface area contributed by atoms with E-state index in [1.807, 2.05) is 6.92 Å². The first kappa shape index (κ1) is 15.9. The lowest BCUT2D eigenvalue weighted by molar-refractivity contribution is -0.146. The predicted molar refractivity (Wildman–Crippen MR) is 94.8 cm³/mol. The Morgan fingerprint density at radius 3 is 2.13 bits per heavy atom. The van der Waals surface area contributed by atoms with Crippen molar-refractivity contribution in [2.75, 3.05) is 0 Å². The minimum atomic E-state index is 0.413. The molecule has 0 aromatic heterocycles. The Hall–Kier alpha value is -0.640. The van der Waals surface area contributed by atoms with Gasteiger partial charge in [0.15, 0.2) is 0 Å². The quantitative estimate of drug-likeness (QED) is 0.572. The minimum Gasteiger partial charge on any atom is -0.443 e. The van der Waals surface area contributed by atoms with E-state index in [4.69, 9.17) is 4.74 Å². The summed E-state index contributed by atoms with van der Waals surface area (Å²) < 4.78 is 5.93. The number of rotatable bonds is 4. The maximum absolute atomic E-state index is 5.93. The van der Waals surface area contributed by atoms with Crippen molar-refractivity contribution in [1.82, 2.24) is 0 Å². The molecule has 4 rings (SSSR count). The van der Waals surface area contributed by atoms with E-state index >= 15 is 0 Å². The van der Waals surface area contributed by atoms with Crippen LogP contribution in [-0.4, -0.2) is 6.10 Å². The van der Waals surface area contributed by atoms with Crippen LogP contribution >= 0.6 is 0 Å². The SMILES string of the molecule is CC#COC1CC1(C)C1(C2(C3CCCCC3)CCCC2)CCC1. The smallest absolute Gasteiger partial charge is 0.117 e. The molecule has 4 fully saturated rings. The highest BCUT2D eigenvalue weighted by Crippen LogP contribution is 2.78. The maximum Gasteiger partial charge on any atom is 0.117 e. The number of hydrogen-bond acceptors (Lipinski definition) is 1. The summed E-state index contributed by atoms with van der Waals surface area (Å²) in [5, 5.41) is 0. The molecular weight excluding hydrogens is 280 g/mol. The van der Waals surface area contributed by atoms with E-state index in [1.165, 1.54) is 83.5 Å². The summed E-state index contributed by atoms with van der Waals surface area (Å²) in [4.78, 5) is 0. The van der Waals surface area contributed by atoms with Crippen molar-refractivity contribution < 1.29 is 4.74 Å². The van der Waals surface area contributed by atoms with Crippen LogP contribution in [0.5, 0.6) is 0 Å². The summed E-state index contributed by atoms with van der Waals surface area (Å²) in [6.45, 7) is 4.44. The first-order chi connectivity index (χ1) is 11.2. The monoisotopic (exact) mass is 314 g/mol. The second kappa shape index (κ2) is 5.72. The zero-order chi connectivity index (χ0) is 16.0. The third kappa shape index (κ3) is 2.13. The van der Waals surface area contributed by atoms with E-state index in [1.54, 1.807) is 0 Å². The fourth-order valence-corrected chi connectivity index (χ4v) is 7.24. The van der Waals surface area contributed by atoms with Gasteiger partial charge in [-0.15, -0.1) is 0 Å². The highest BCUT2D eigenvalue weighted by Gasteiger charge is 2.74. The van der Waals surface area contributed by atoms with Crippen LogP contribution < -0.4 is 0 Å². The lowest BCUT2D eigenvalue weighted by Crippen LogP contribution is -2.55. The molecule has 23 heavy (non-hydrogen) atoms. The van der Waals surface area contributed by atoms with Crippen LogP contribution in [0, 0.1) is 34.2 Å². The molecule has 0 bridgehead atoms. The molecule has 0 aromatic carbocycles. The van der Waals surface area contributed by atoms with Crippen LogP contribution in [0.3, 0.4) is 0 Å². The Kier molecular flexibility index (Phi) is 3.94. The molecule has 0 saturated heterocycles. The average Bonchev–Trinajstić information content (AvgIpc) is 2.96. The van der Waals surface area contributed by atoms with Crippen molar-refractivity contribution in [3.63, 3.8) is 0 Å². The van der Waals surface area contributed by atoms with Crippen LogP contribution in [0.4, 0.5) is 0 Å². The van der Waals surface area contributed by atoms with Crippen molar-refractivity contribution in [2.45, 2.75) is 103 Å². The summed E-state index contributed by atoms with van der Waals surface area (Å²) in [6, 6.07) is 0. The average molecular weight is 315 g/mol. The van der Waals surface area contributed by atoms with Crippen LogP contribution in [0.1, 0.15) is 97.3 Å². The van der Waals surface area contributed by atoms with Crippen molar-refractivity contribution >= 4 is 0 Å². The maximum atomic E-state index is 5.93. The van der Waals surface area contributed by atoms with Gasteiger partial charge in [0, 0.05) is 12.3 Å². The first-order valence-electron chi connectivity index (χ1n) is 10.3. The van der Waals surface area contributed by atoms with Gasteiger partial charge in [-0.05, 0) is 61.7 Å². The molecule has 2 atom stereocenters. The fourth-order valence-electron chi connectivity index (χ4n) is 7.24. The Bertz CT molecular complexity index is 494. The standard InChI is InChI=1S/C22H34O/c1-3-16-23-19-17-20(19,2)22(14-9-15-22)21(12-7-8-13-21)18-10-5-4-6-11-18/h18-19H,4-15,17H2,1-2H3. The van der Waals surface area contributed by atoms with Crippen LogP contribution in [-0.2, 0) is 4.74 Å². The summed E-state index contributed by atoms with van der Waals surface area (Å²) >= 11 is 0. The molecule has 0 radical (unpaired) electrons. The lowest BCUT2D eigenvalue weighted by Gasteiger charge is -2.62. The summed E-state index contributed by atoms with van der Waals surface area (Å²) in [5.41, 5.74) is 1.65. The molecule has 2 unspecified atom stereocenters. The van der Waals surface area contributed by atoms with Gasteiger partial charge in [-0.1, -0.05) is 51.4 Å². The van der Waals surface area contributed by atoms with Gasteiger partial charge < -0.3 is 4.74 Å². The van der Waals surface area contributed by atoms with Crippen LogP contribution in [0.25, 0.3) is 0 Å². The van der Waals surface area contributed by atoms with E-state index in [9.17, 15) is 0 Å². The van der Waals surface area contributed by atoms with Gasteiger partial charge in [0.25, 0.3) is 0 Å². The van der Waals surface area contributed by atoms with Gasteiger partial charge in [-0.25, -0.2) is 0 Å². The van der Waals surface area contributed by atoms with Crippen molar-refractivity contribution in [3.05, 3.63) is 0 Å². The second-order valence-corrected chi connectivity index (χ2v) is 9.21. The molecule has 128 valence electrons. The van der Waals surface area contributed by atoms with Gasteiger partial charge >= 0.3 is 0 Å². The highest BCUT2D eigenvalue weighted by atomic mass is 16.5. The van der Waals surface area contributed by atoms with Crippen LogP contribution in [0.15, 0.2) is 0 Å². The topological polar surface area (TPSA) is 9.23 Å². The van der Waals surface area contributed by atoms with E-state index < -0.39 is 0 Å². The molecule has 1 nitrogen and oxygen atoms in total. The summed E-state index contributed by atoms with van der Waals surface area (Å²) in [6.07, 6.45) is 22.5. The van der Waals surface area contributed by atoms with Crippen molar-refractivity contribution in [1.29, 1.82) is 0 Å². The largest absolute Gasteiger partial charge is 0.443 e. The molecule has 4 saturated carbocycles. The molecule has 1 heteroatoms. The van der Waals surface area contributed by atoms with Gasteiger partial charge in [-0.2, -0.15) is 0 Å². The normalized spacial score (nSPS) is 38.3. The Balaban J connectivity index is 1.64. The van der Waals surface area contributed by atoms with Gasteiger partial charge in [0.1, 0.15) is 12.2 Å². The van der Waals surface area contributed by atoms with Gasteiger partial charge in [0.2, 0.25) is 0 Å². The minimum absolute atomic E-state index is 0.413. The fraction of sp³-hybridized carbons (Fsp3) is 0.909. The number of hydrogen-bond donors (Lipinski definition) is 0. The van der Waals surface area contributed by atoms with E-state index in [0.717, 1.165) is 5.92 Å². The van der Waals surface area contributed by atoms with E-state index in [2.05, 4.69) is 19.0 Å². The predicted octanol–water partition coefficient (Wildman–Crippen LogP) is 6.07. The number of ether oxygens (including phenoxy) is 1. The third-order valence-electron chi connectivity index (χ3n) is 8.60. The van der Waals surface area contributed by atoms with Gasteiger partial charge in [-0.3, -0.25) is 0 Å². The van der Waals surface area contributed by atoms with Gasteiger partial charge in [0.05, 0.1) is 0 Å². The molecular formula is C22H34O. The molecule has 0 heterocycles.